The maximum absolute atomic E-state index is 13.6. The zero-order valence-electron chi connectivity index (χ0n) is 13.9. The van der Waals surface area contributed by atoms with E-state index in [1.165, 1.54) is 12.3 Å². The summed E-state index contributed by atoms with van der Waals surface area (Å²) in [5.41, 5.74) is 3.22. The fraction of sp³-hybridized carbons (Fsp3) is 0.100. The summed E-state index contributed by atoms with van der Waals surface area (Å²) in [4.78, 5) is 17.8. The van der Waals surface area contributed by atoms with Gasteiger partial charge in [-0.1, -0.05) is 24.3 Å². The number of aromatic nitrogens is 1. The van der Waals surface area contributed by atoms with Crippen molar-refractivity contribution in [3.05, 3.63) is 77.7 Å². The molecule has 0 aliphatic heterocycles. The monoisotopic (exact) mass is 352 g/mol. The van der Waals surface area contributed by atoms with Crippen LogP contribution in [0.2, 0.25) is 0 Å². The summed E-state index contributed by atoms with van der Waals surface area (Å²) in [6.07, 6.45) is 3.55. The number of aryl methyl sites for hydroxylation is 1. The summed E-state index contributed by atoms with van der Waals surface area (Å²) >= 11 is 1.65. The van der Waals surface area contributed by atoms with Gasteiger partial charge < -0.3 is 5.32 Å². The van der Waals surface area contributed by atoms with Crippen molar-refractivity contribution in [1.29, 1.82) is 0 Å². The molecule has 5 heteroatoms. The van der Waals surface area contributed by atoms with Gasteiger partial charge in [-0.05, 0) is 49.1 Å². The number of carbonyl (C=O) groups excluding carboxylic acids is 1. The molecule has 1 amide bonds. The highest BCUT2D eigenvalue weighted by atomic mass is 32.2. The van der Waals surface area contributed by atoms with Gasteiger partial charge in [-0.3, -0.25) is 9.78 Å². The molecule has 0 aliphatic rings. The number of hydrogen-bond donors (Lipinski definition) is 1. The molecular weight excluding hydrogens is 335 g/mol. The SMILES string of the molecule is CSc1ccccc1-c1ccc(C(=O)Nc2ccc(C)c(F)c2)cn1. The zero-order valence-corrected chi connectivity index (χ0v) is 14.7. The molecule has 3 aromatic rings. The minimum Gasteiger partial charge on any atom is -0.322 e. The second-order valence-corrected chi connectivity index (χ2v) is 6.40. The van der Waals surface area contributed by atoms with Crippen LogP contribution in [-0.4, -0.2) is 17.1 Å². The number of pyridine rings is 1. The van der Waals surface area contributed by atoms with E-state index >= 15 is 0 Å². The number of halogens is 1. The van der Waals surface area contributed by atoms with Gasteiger partial charge in [0.15, 0.2) is 0 Å². The van der Waals surface area contributed by atoms with Crippen molar-refractivity contribution in [2.24, 2.45) is 0 Å². The minimum atomic E-state index is -0.347. The molecule has 1 aromatic heterocycles. The minimum absolute atomic E-state index is 0.319. The first-order valence-electron chi connectivity index (χ1n) is 7.75. The predicted molar refractivity (Wildman–Crippen MR) is 101 cm³/mol. The maximum atomic E-state index is 13.6. The van der Waals surface area contributed by atoms with Gasteiger partial charge in [-0.25, -0.2) is 4.39 Å². The van der Waals surface area contributed by atoms with Crippen molar-refractivity contribution in [1.82, 2.24) is 4.98 Å². The molecule has 0 unspecified atom stereocenters. The third kappa shape index (κ3) is 3.88. The zero-order chi connectivity index (χ0) is 17.8. The number of anilines is 1. The van der Waals surface area contributed by atoms with E-state index in [-0.39, 0.29) is 11.7 Å². The van der Waals surface area contributed by atoms with Gasteiger partial charge in [0.05, 0.1) is 11.3 Å². The van der Waals surface area contributed by atoms with E-state index in [2.05, 4.69) is 10.3 Å². The normalized spacial score (nSPS) is 10.5. The number of amides is 1. The molecule has 3 nitrogen and oxygen atoms in total. The van der Waals surface area contributed by atoms with E-state index in [9.17, 15) is 9.18 Å². The lowest BCUT2D eigenvalue weighted by molar-refractivity contribution is 0.102. The average molecular weight is 352 g/mol. The Balaban J connectivity index is 1.79. The highest BCUT2D eigenvalue weighted by Gasteiger charge is 2.10. The fourth-order valence-corrected chi connectivity index (χ4v) is 3.02. The van der Waals surface area contributed by atoms with Gasteiger partial charge in [0.25, 0.3) is 5.91 Å². The fourth-order valence-electron chi connectivity index (χ4n) is 2.42. The van der Waals surface area contributed by atoms with E-state index in [1.807, 2.05) is 36.6 Å². The molecule has 1 N–H and O–H groups in total. The molecule has 25 heavy (non-hydrogen) atoms. The van der Waals surface area contributed by atoms with Crippen molar-refractivity contribution in [3.63, 3.8) is 0 Å². The number of hydrogen-bond acceptors (Lipinski definition) is 3. The molecule has 0 radical (unpaired) electrons. The van der Waals surface area contributed by atoms with Gasteiger partial charge in [0, 0.05) is 22.3 Å². The lowest BCUT2D eigenvalue weighted by Gasteiger charge is -2.08. The van der Waals surface area contributed by atoms with Crippen LogP contribution in [0, 0.1) is 12.7 Å². The maximum Gasteiger partial charge on any atom is 0.257 e. The van der Waals surface area contributed by atoms with Crippen LogP contribution in [0.25, 0.3) is 11.3 Å². The van der Waals surface area contributed by atoms with Crippen molar-refractivity contribution in [3.8, 4) is 11.3 Å². The van der Waals surface area contributed by atoms with Crippen molar-refractivity contribution >= 4 is 23.4 Å². The Hall–Kier alpha value is -2.66. The highest BCUT2D eigenvalue weighted by Crippen LogP contribution is 2.28. The second kappa shape index (κ2) is 7.49. The molecule has 0 atom stereocenters. The molecule has 2 aromatic carbocycles. The van der Waals surface area contributed by atoms with Gasteiger partial charge in [0.1, 0.15) is 5.82 Å². The Morgan fingerprint density at radius 2 is 1.92 bits per heavy atom. The first-order chi connectivity index (χ1) is 12.1. The summed E-state index contributed by atoms with van der Waals surface area (Å²) in [5, 5.41) is 2.68. The van der Waals surface area contributed by atoms with E-state index < -0.39 is 0 Å². The Morgan fingerprint density at radius 3 is 2.60 bits per heavy atom. The Labute approximate surface area is 150 Å². The van der Waals surface area contributed by atoms with Crippen molar-refractivity contribution in [2.75, 3.05) is 11.6 Å². The molecule has 0 bridgehead atoms. The smallest absolute Gasteiger partial charge is 0.257 e. The number of carbonyl (C=O) groups is 1. The molecule has 126 valence electrons. The predicted octanol–water partition coefficient (Wildman–Crippen LogP) is 5.17. The first-order valence-corrected chi connectivity index (χ1v) is 8.98. The standard InChI is InChI=1S/C20H17FN2OS/c1-13-7-9-15(11-17(13)21)23-20(24)14-8-10-18(22-12-14)16-5-3-4-6-19(16)25-2/h3-12H,1-2H3,(H,23,24). The number of thioether (sulfide) groups is 1. The van der Waals surface area contributed by atoms with Crippen LogP contribution in [0.4, 0.5) is 10.1 Å². The van der Waals surface area contributed by atoms with Gasteiger partial charge in [-0.15, -0.1) is 11.8 Å². The van der Waals surface area contributed by atoms with Crippen LogP contribution in [0.15, 0.2) is 65.7 Å². The van der Waals surface area contributed by atoms with Crippen LogP contribution < -0.4 is 5.32 Å². The number of rotatable bonds is 4. The number of benzene rings is 2. The van der Waals surface area contributed by atoms with Gasteiger partial charge >= 0.3 is 0 Å². The third-order valence-corrected chi connectivity index (χ3v) is 4.63. The number of nitrogens with zero attached hydrogens (tertiary/aromatic N) is 1. The van der Waals surface area contributed by atoms with E-state index in [0.717, 1.165) is 16.2 Å². The summed E-state index contributed by atoms with van der Waals surface area (Å²) < 4.78 is 13.6. The molecule has 3 rings (SSSR count). The summed E-state index contributed by atoms with van der Waals surface area (Å²) in [6, 6.07) is 16.1. The summed E-state index contributed by atoms with van der Waals surface area (Å²) in [5.74, 6) is -0.666. The molecule has 0 saturated carbocycles. The van der Waals surface area contributed by atoms with Gasteiger partial charge in [-0.2, -0.15) is 0 Å². The Bertz CT molecular complexity index is 910. The molecule has 0 aliphatic carbocycles. The molecular formula is C20H17FN2OS. The topological polar surface area (TPSA) is 42.0 Å². The molecule has 0 fully saturated rings. The highest BCUT2D eigenvalue weighted by molar-refractivity contribution is 7.98. The van der Waals surface area contributed by atoms with Crippen LogP contribution in [0.5, 0.6) is 0 Å². The van der Waals surface area contributed by atoms with Crippen molar-refractivity contribution in [2.45, 2.75) is 11.8 Å². The first kappa shape index (κ1) is 17.2. The van der Waals surface area contributed by atoms with Crippen LogP contribution in [0.3, 0.4) is 0 Å². The largest absolute Gasteiger partial charge is 0.322 e. The lowest BCUT2D eigenvalue weighted by Crippen LogP contribution is -2.12. The Kier molecular flexibility index (Phi) is 5.14. The quantitative estimate of drug-likeness (QED) is 0.659. The van der Waals surface area contributed by atoms with Gasteiger partial charge in [0.2, 0.25) is 0 Å². The van der Waals surface area contributed by atoms with E-state index in [4.69, 9.17) is 0 Å². The summed E-state index contributed by atoms with van der Waals surface area (Å²) in [7, 11) is 0. The summed E-state index contributed by atoms with van der Waals surface area (Å²) in [6.45, 7) is 1.68. The average Bonchev–Trinajstić information content (AvgIpc) is 2.65. The van der Waals surface area contributed by atoms with Crippen LogP contribution in [0.1, 0.15) is 15.9 Å². The van der Waals surface area contributed by atoms with Crippen LogP contribution >= 0.6 is 11.8 Å². The van der Waals surface area contributed by atoms with Crippen LogP contribution in [-0.2, 0) is 0 Å². The molecule has 0 saturated heterocycles. The molecule has 0 spiro atoms. The third-order valence-electron chi connectivity index (χ3n) is 3.84. The molecule has 1 heterocycles. The lowest BCUT2D eigenvalue weighted by atomic mass is 10.1. The van der Waals surface area contributed by atoms with E-state index in [0.29, 0.717) is 16.8 Å². The number of nitrogens with one attached hydrogen (secondary N) is 1. The van der Waals surface area contributed by atoms with E-state index in [1.54, 1.807) is 36.9 Å². The van der Waals surface area contributed by atoms with Crippen molar-refractivity contribution < 1.29 is 9.18 Å². The Morgan fingerprint density at radius 1 is 1.12 bits per heavy atom. The second-order valence-electron chi connectivity index (χ2n) is 5.55.